The van der Waals surface area contributed by atoms with Crippen LogP contribution in [0.2, 0.25) is 0 Å². The normalized spacial score (nSPS) is 19.9. The summed E-state index contributed by atoms with van der Waals surface area (Å²) in [6.07, 6.45) is 2.45. The molecule has 1 heterocycles. The van der Waals surface area contributed by atoms with E-state index in [0.29, 0.717) is 5.54 Å². The minimum absolute atomic E-state index is 0.348. The van der Waals surface area contributed by atoms with Crippen LogP contribution in [0.3, 0.4) is 0 Å². The minimum atomic E-state index is 0.348. The molecule has 1 aromatic carbocycles. The molecule has 2 rings (SSSR count). The Morgan fingerprint density at radius 3 is 2.50 bits per heavy atom. The first kappa shape index (κ1) is 14.3. The van der Waals surface area contributed by atoms with Crippen molar-refractivity contribution in [2.24, 2.45) is 0 Å². The van der Waals surface area contributed by atoms with E-state index in [9.17, 15) is 0 Å². The largest absolute Gasteiger partial charge is 0.314 e. The molecule has 100 valence electrons. The van der Waals surface area contributed by atoms with Crippen LogP contribution in [0.15, 0.2) is 24.3 Å². The molecule has 0 bridgehead atoms. The van der Waals surface area contributed by atoms with Gasteiger partial charge in [0.25, 0.3) is 0 Å². The monoisotopic (exact) mass is 358 g/mol. The van der Waals surface area contributed by atoms with E-state index < -0.39 is 0 Å². The molecule has 0 saturated carbocycles. The van der Waals surface area contributed by atoms with Crippen molar-refractivity contribution < 1.29 is 0 Å². The highest BCUT2D eigenvalue weighted by molar-refractivity contribution is 14.1. The number of nitrogens with one attached hydrogen (secondary N) is 1. The maximum atomic E-state index is 3.56. The van der Waals surface area contributed by atoms with Gasteiger partial charge in [-0.2, -0.15) is 0 Å². The molecule has 0 atom stereocenters. The zero-order valence-electron chi connectivity index (χ0n) is 11.4. The zero-order valence-corrected chi connectivity index (χ0v) is 13.5. The summed E-state index contributed by atoms with van der Waals surface area (Å²) < 4.78 is 1.31. The maximum absolute atomic E-state index is 3.56. The summed E-state index contributed by atoms with van der Waals surface area (Å²) in [6.45, 7) is 9.12. The zero-order chi connectivity index (χ0) is 13.0. The van der Waals surface area contributed by atoms with E-state index in [4.69, 9.17) is 0 Å². The first-order chi connectivity index (χ1) is 8.70. The maximum Gasteiger partial charge on any atom is 0.0332 e. The van der Waals surface area contributed by atoms with Gasteiger partial charge in [-0.15, -0.1) is 0 Å². The molecule has 0 amide bonds. The molecule has 0 aromatic heterocycles. The van der Waals surface area contributed by atoms with Crippen molar-refractivity contribution >= 4 is 22.6 Å². The van der Waals surface area contributed by atoms with Crippen LogP contribution >= 0.6 is 22.6 Å². The number of piperazine rings is 1. The number of hydrogen-bond donors (Lipinski definition) is 1. The van der Waals surface area contributed by atoms with Crippen LogP contribution in [0, 0.1) is 3.57 Å². The van der Waals surface area contributed by atoms with Gasteiger partial charge in [-0.25, -0.2) is 0 Å². The van der Waals surface area contributed by atoms with Gasteiger partial charge in [0, 0.05) is 35.3 Å². The second-order valence-electron chi connectivity index (χ2n) is 5.16. The molecule has 0 aliphatic carbocycles. The lowest BCUT2D eigenvalue weighted by molar-refractivity contribution is 0.0447. The highest BCUT2D eigenvalue weighted by Crippen LogP contribution is 2.27. The third kappa shape index (κ3) is 3.06. The fourth-order valence-corrected chi connectivity index (χ4v) is 3.25. The average molecular weight is 358 g/mol. The molecular formula is C15H23IN2. The summed E-state index contributed by atoms with van der Waals surface area (Å²) in [6, 6.07) is 8.94. The van der Waals surface area contributed by atoms with Crippen molar-refractivity contribution in [1.82, 2.24) is 10.2 Å². The number of halogens is 1. The van der Waals surface area contributed by atoms with Gasteiger partial charge in [0.15, 0.2) is 0 Å². The van der Waals surface area contributed by atoms with Gasteiger partial charge in [-0.1, -0.05) is 26.0 Å². The minimum Gasteiger partial charge on any atom is -0.314 e. The molecule has 3 heteroatoms. The number of nitrogens with zero attached hydrogens (tertiary/aromatic N) is 1. The lowest BCUT2D eigenvalue weighted by Gasteiger charge is -2.47. The lowest BCUT2D eigenvalue weighted by atomic mass is 9.88. The third-order valence-corrected chi connectivity index (χ3v) is 5.01. The SMILES string of the molecule is CCC1(CC)CNCCN1Cc1ccc(I)cc1. The molecule has 0 radical (unpaired) electrons. The van der Waals surface area contributed by atoms with Gasteiger partial charge in [0.2, 0.25) is 0 Å². The summed E-state index contributed by atoms with van der Waals surface area (Å²) in [5, 5.41) is 3.56. The second-order valence-corrected chi connectivity index (χ2v) is 6.40. The van der Waals surface area contributed by atoms with Crippen LogP contribution in [0.1, 0.15) is 32.3 Å². The van der Waals surface area contributed by atoms with Crippen molar-refractivity contribution in [3.63, 3.8) is 0 Å². The van der Waals surface area contributed by atoms with Gasteiger partial charge in [-0.05, 0) is 53.1 Å². The molecule has 0 unspecified atom stereocenters. The van der Waals surface area contributed by atoms with Crippen LogP contribution < -0.4 is 5.32 Å². The highest BCUT2D eigenvalue weighted by Gasteiger charge is 2.35. The van der Waals surface area contributed by atoms with E-state index in [1.54, 1.807) is 0 Å². The van der Waals surface area contributed by atoms with E-state index in [0.717, 1.165) is 26.2 Å². The first-order valence-electron chi connectivity index (χ1n) is 6.90. The van der Waals surface area contributed by atoms with Gasteiger partial charge >= 0.3 is 0 Å². The van der Waals surface area contributed by atoms with Crippen LogP contribution in [0.25, 0.3) is 0 Å². The average Bonchev–Trinajstić information content (AvgIpc) is 2.42. The summed E-state index contributed by atoms with van der Waals surface area (Å²) >= 11 is 2.37. The molecule has 1 fully saturated rings. The van der Waals surface area contributed by atoms with Gasteiger partial charge < -0.3 is 5.32 Å². The Balaban J connectivity index is 2.12. The van der Waals surface area contributed by atoms with Gasteiger partial charge in [-0.3, -0.25) is 4.90 Å². The van der Waals surface area contributed by atoms with Crippen molar-refractivity contribution in [1.29, 1.82) is 0 Å². The molecule has 2 nitrogen and oxygen atoms in total. The van der Waals surface area contributed by atoms with Gasteiger partial charge in [0.05, 0.1) is 0 Å². The predicted molar refractivity (Wildman–Crippen MR) is 85.8 cm³/mol. The van der Waals surface area contributed by atoms with E-state index >= 15 is 0 Å². The summed E-state index contributed by atoms with van der Waals surface area (Å²) in [7, 11) is 0. The first-order valence-corrected chi connectivity index (χ1v) is 7.98. The Morgan fingerprint density at radius 2 is 1.89 bits per heavy atom. The molecule has 0 spiro atoms. The second kappa shape index (κ2) is 6.35. The molecule has 1 saturated heterocycles. The number of rotatable bonds is 4. The highest BCUT2D eigenvalue weighted by atomic mass is 127. The van der Waals surface area contributed by atoms with Crippen molar-refractivity contribution in [2.45, 2.75) is 38.8 Å². The van der Waals surface area contributed by atoms with Crippen LogP contribution in [-0.4, -0.2) is 30.1 Å². The van der Waals surface area contributed by atoms with Gasteiger partial charge in [0.1, 0.15) is 0 Å². The Bertz CT molecular complexity index is 371. The molecule has 1 aliphatic rings. The Hall–Kier alpha value is -0.130. The van der Waals surface area contributed by atoms with Crippen LogP contribution in [0.5, 0.6) is 0 Å². The number of hydrogen-bond acceptors (Lipinski definition) is 2. The predicted octanol–water partition coefficient (Wildman–Crippen LogP) is 3.26. The van der Waals surface area contributed by atoms with E-state index in [-0.39, 0.29) is 0 Å². The smallest absolute Gasteiger partial charge is 0.0332 e. The standard InChI is InChI=1S/C15H23IN2/c1-3-15(4-2)12-17-9-10-18(15)11-13-5-7-14(16)8-6-13/h5-8,17H,3-4,9-12H2,1-2H3. The Morgan fingerprint density at radius 1 is 1.22 bits per heavy atom. The molecule has 18 heavy (non-hydrogen) atoms. The summed E-state index contributed by atoms with van der Waals surface area (Å²) in [4.78, 5) is 2.67. The van der Waals surface area contributed by atoms with Crippen molar-refractivity contribution in [3.05, 3.63) is 33.4 Å². The van der Waals surface area contributed by atoms with Crippen molar-refractivity contribution in [3.8, 4) is 0 Å². The van der Waals surface area contributed by atoms with Crippen LogP contribution in [0.4, 0.5) is 0 Å². The molecule has 1 aromatic rings. The Kier molecular flexibility index (Phi) is 5.04. The van der Waals surface area contributed by atoms with E-state index in [2.05, 4.69) is 70.9 Å². The fraction of sp³-hybridized carbons (Fsp3) is 0.600. The van der Waals surface area contributed by atoms with Crippen molar-refractivity contribution in [2.75, 3.05) is 19.6 Å². The quantitative estimate of drug-likeness (QED) is 0.832. The summed E-state index contributed by atoms with van der Waals surface area (Å²) in [5.74, 6) is 0. The van der Waals surface area contributed by atoms with Crippen LogP contribution in [-0.2, 0) is 6.54 Å². The fourth-order valence-electron chi connectivity index (χ4n) is 2.89. The molecule has 1 aliphatic heterocycles. The van der Waals surface area contributed by atoms with E-state index in [1.807, 2.05) is 0 Å². The summed E-state index contributed by atoms with van der Waals surface area (Å²) in [5.41, 5.74) is 1.78. The number of benzene rings is 1. The molecular weight excluding hydrogens is 335 g/mol. The molecule has 1 N–H and O–H groups in total. The lowest BCUT2D eigenvalue weighted by Crippen LogP contribution is -2.60. The Labute approximate surface area is 124 Å². The third-order valence-electron chi connectivity index (χ3n) is 4.29. The van der Waals surface area contributed by atoms with E-state index in [1.165, 1.54) is 22.0 Å². The topological polar surface area (TPSA) is 15.3 Å².